The third kappa shape index (κ3) is 3.11. The van der Waals surface area contributed by atoms with E-state index >= 15 is 0 Å². The lowest BCUT2D eigenvalue weighted by atomic mass is 9.55. The molecule has 2 fully saturated rings. The average Bonchev–Trinajstić information content (AvgIpc) is 2.95. The van der Waals surface area contributed by atoms with Gasteiger partial charge in [0, 0.05) is 0 Å². The summed E-state index contributed by atoms with van der Waals surface area (Å²) in [4.78, 5) is 12.2. The second-order valence-electron chi connectivity index (χ2n) is 9.60. The Morgan fingerprint density at radius 2 is 2.04 bits per heavy atom. The van der Waals surface area contributed by atoms with Crippen molar-refractivity contribution >= 4 is 5.97 Å². The lowest BCUT2D eigenvalue weighted by Gasteiger charge is -2.50. The maximum Gasteiger partial charge on any atom is 0.328 e. The molecule has 1 aromatic carbocycles. The van der Waals surface area contributed by atoms with Crippen LogP contribution in [-0.2, 0) is 11.2 Å². The van der Waals surface area contributed by atoms with Crippen molar-refractivity contribution in [2.24, 2.45) is 28.9 Å². The van der Waals surface area contributed by atoms with Gasteiger partial charge in [0.05, 0.1) is 6.10 Å². The molecule has 148 valence electrons. The molecule has 0 saturated heterocycles. The lowest BCUT2D eigenvalue weighted by Crippen LogP contribution is -2.43. The number of nitrogens with two attached hydrogens (primary N) is 1. The second kappa shape index (κ2) is 6.89. The fraction of sp³-hybridized carbons (Fsp3) is 0.696. The van der Waals surface area contributed by atoms with Crippen LogP contribution in [0.1, 0.15) is 69.9 Å². The zero-order valence-corrected chi connectivity index (χ0v) is 16.8. The van der Waals surface area contributed by atoms with Gasteiger partial charge in [0.15, 0.2) is 0 Å². The van der Waals surface area contributed by atoms with Crippen molar-refractivity contribution in [3.63, 3.8) is 0 Å². The van der Waals surface area contributed by atoms with Crippen LogP contribution in [-0.4, -0.2) is 23.2 Å². The first-order chi connectivity index (χ1) is 12.8. The Hall–Kier alpha value is -1.39. The zero-order chi connectivity index (χ0) is 19.3. The largest absolute Gasteiger partial charge is 0.425 e. The van der Waals surface area contributed by atoms with E-state index in [0.717, 1.165) is 32.1 Å². The molecule has 2 saturated carbocycles. The Morgan fingerprint density at radius 1 is 1.26 bits per heavy atom. The van der Waals surface area contributed by atoms with Crippen LogP contribution < -0.4 is 10.5 Å². The van der Waals surface area contributed by atoms with E-state index < -0.39 is 6.04 Å². The Bertz CT molecular complexity index is 730. The van der Waals surface area contributed by atoms with Crippen molar-refractivity contribution in [2.45, 2.75) is 77.4 Å². The van der Waals surface area contributed by atoms with Crippen LogP contribution in [0.5, 0.6) is 5.75 Å². The number of carbonyl (C=O) groups is 1. The summed E-state index contributed by atoms with van der Waals surface area (Å²) < 4.78 is 5.54. The number of ether oxygens (including phenoxy) is 1. The molecule has 27 heavy (non-hydrogen) atoms. The summed E-state index contributed by atoms with van der Waals surface area (Å²) >= 11 is 0. The molecule has 6 atom stereocenters. The third-order valence-corrected chi connectivity index (χ3v) is 7.86. The molecule has 3 N–H and O–H groups in total. The SMILES string of the molecule is CC(C)[C@H](N)C(=O)Oc1ccc2c(c1)CC[C@@H]1[C@@H]2CC[C@]2(C)[C@@H](O)CC[C@@H]12. The fourth-order valence-corrected chi connectivity index (χ4v) is 6.05. The van der Waals surface area contributed by atoms with Gasteiger partial charge in [0.25, 0.3) is 0 Å². The highest BCUT2D eigenvalue weighted by Crippen LogP contribution is 2.60. The van der Waals surface area contributed by atoms with Gasteiger partial charge < -0.3 is 15.6 Å². The molecule has 0 aromatic heterocycles. The maximum atomic E-state index is 12.2. The van der Waals surface area contributed by atoms with Crippen molar-refractivity contribution in [1.29, 1.82) is 0 Å². The number of esters is 1. The first kappa shape index (κ1) is 18.9. The van der Waals surface area contributed by atoms with Crippen molar-refractivity contribution in [3.8, 4) is 5.75 Å². The Labute approximate surface area is 162 Å². The van der Waals surface area contributed by atoms with E-state index in [0.29, 0.717) is 23.5 Å². The molecule has 3 aliphatic rings. The molecular weight excluding hydrogens is 338 g/mol. The number of aliphatic hydroxyl groups excluding tert-OH is 1. The smallest absolute Gasteiger partial charge is 0.328 e. The summed E-state index contributed by atoms with van der Waals surface area (Å²) in [5.74, 6) is 2.23. The van der Waals surface area contributed by atoms with Gasteiger partial charge in [-0.2, -0.15) is 0 Å². The van der Waals surface area contributed by atoms with Crippen LogP contribution in [0.25, 0.3) is 0 Å². The molecule has 0 spiro atoms. The minimum Gasteiger partial charge on any atom is -0.425 e. The van der Waals surface area contributed by atoms with E-state index in [1.54, 1.807) is 0 Å². The maximum absolute atomic E-state index is 12.2. The molecule has 3 aliphatic carbocycles. The number of rotatable bonds is 3. The zero-order valence-electron chi connectivity index (χ0n) is 16.8. The number of aliphatic hydroxyl groups is 1. The molecule has 0 aliphatic heterocycles. The van der Waals surface area contributed by atoms with Crippen molar-refractivity contribution in [2.75, 3.05) is 0 Å². The molecule has 0 radical (unpaired) electrons. The summed E-state index contributed by atoms with van der Waals surface area (Å²) in [6.45, 7) is 6.16. The molecule has 1 aromatic rings. The summed E-state index contributed by atoms with van der Waals surface area (Å²) in [6.07, 6.45) is 6.46. The van der Waals surface area contributed by atoms with Crippen molar-refractivity contribution < 1.29 is 14.6 Å². The summed E-state index contributed by atoms with van der Waals surface area (Å²) in [5, 5.41) is 10.5. The van der Waals surface area contributed by atoms with E-state index in [1.165, 1.54) is 17.5 Å². The topological polar surface area (TPSA) is 72.6 Å². The van der Waals surface area contributed by atoms with Crippen LogP contribution in [0.3, 0.4) is 0 Å². The van der Waals surface area contributed by atoms with Crippen molar-refractivity contribution in [3.05, 3.63) is 29.3 Å². The lowest BCUT2D eigenvalue weighted by molar-refractivity contribution is -0.136. The minimum atomic E-state index is -0.588. The van der Waals surface area contributed by atoms with Crippen LogP contribution in [0.15, 0.2) is 18.2 Å². The van der Waals surface area contributed by atoms with E-state index in [1.807, 2.05) is 26.0 Å². The highest BCUT2D eigenvalue weighted by atomic mass is 16.5. The Balaban J connectivity index is 1.54. The first-order valence-corrected chi connectivity index (χ1v) is 10.6. The molecular formula is C23H33NO3. The normalized spacial score (nSPS) is 35.9. The molecule has 4 heteroatoms. The van der Waals surface area contributed by atoms with E-state index in [-0.39, 0.29) is 23.4 Å². The number of benzene rings is 1. The third-order valence-electron chi connectivity index (χ3n) is 7.86. The predicted octanol–water partition coefficient (Wildman–Crippen LogP) is 3.79. The quantitative estimate of drug-likeness (QED) is 0.626. The number of hydrogen-bond donors (Lipinski definition) is 2. The Morgan fingerprint density at radius 3 is 2.78 bits per heavy atom. The Kier molecular flexibility index (Phi) is 4.84. The van der Waals surface area contributed by atoms with Gasteiger partial charge in [-0.1, -0.05) is 26.8 Å². The van der Waals surface area contributed by atoms with Crippen molar-refractivity contribution in [1.82, 2.24) is 0 Å². The van der Waals surface area contributed by atoms with Gasteiger partial charge in [0.2, 0.25) is 0 Å². The molecule has 0 heterocycles. The minimum absolute atomic E-state index is 0.0641. The van der Waals surface area contributed by atoms with E-state index in [9.17, 15) is 9.90 Å². The standard InChI is InChI=1S/C23H33NO3/c1-13(2)21(24)22(26)27-15-5-7-16-14(12-15)4-6-18-17(16)10-11-23(3)19(18)8-9-20(23)25/h5,7,12-13,17-21,25H,4,6,8-11,24H2,1-3H3/t17-,18-,19+,20+,21+,23+/m1/s1. The van der Waals surface area contributed by atoms with Gasteiger partial charge in [-0.25, -0.2) is 4.79 Å². The number of carbonyl (C=O) groups excluding carboxylic acids is 1. The van der Waals surface area contributed by atoms with Gasteiger partial charge in [-0.3, -0.25) is 0 Å². The van der Waals surface area contributed by atoms with E-state index in [2.05, 4.69) is 13.0 Å². The van der Waals surface area contributed by atoms with Gasteiger partial charge in [0.1, 0.15) is 11.8 Å². The van der Waals surface area contributed by atoms with Crippen LogP contribution in [0.2, 0.25) is 0 Å². The van der Waals surface area contributed by atoms with Gasteiger partial charge in [-0.15, -0.1) is 0 Å². The molecule has 4 rings (SSSR count). The summed E-state index contributed by atoms with van der Waals surface area (Å²) in [6, 6.07) is 5.57. The fourth-order valence-electron chi connectivity index (χ4n) is 6.05. The average molecular weight is 372 g/mol. The molecule has 0 amide bonds. The van der Waals surface area contributed by atoms with Gasteiger partial charge >= 0.3 is 5.97 Å². The predicted molar refractivity (Wildman–Crippen MR) is 106 cm³/mol. The van der Waals surface area contributed by atoms with Crippen LogP contribution in [0.4, 0.5) is 0 Å². The van der Waals surface area contributed by atoms with Crippen LogP contribution >= 0.6 is 0 Å². The van der Waals surface area contributed by atoms with Gasteiger partial charge in [-0.05, 0) is 90.9 Å². The highest BCUT2D eigenvalue weighted by molar-refractivity contribution is 5.78. The number of aryl methyl sites for hydroxylation is 1. The summed E-state index contributed by atoms with van der Waals surface area (Å²) in [7, 11) is 0. The number of hydrogen-bond acceptors (Lipinski definition) is 4. The van der Waals surface area contributed by atoms with E-state index in [4.69, 9.17) is 10.5 Å². The molecule has 0 bridgehead atoms. The van der Waals surface area contributed by atoms with Crippen LogP contribution in [0, 0.1) is 23.2 Å². The molecule has 4 nitrogen and oxygen atoms in total. The summed E-state index contributed by atoms with van der Waals surface area (Å²) in [5.41, 5.74) is 8.78. The second-order valence-corrected chi connectivity index (χ2v) is 9.60. The first-order valence-electron chi connectivity index (χ1n) is 10.6. The number of fused-ring (bicyclic) bond motifs is 5. The highest BCUT2D eigenvalue weighted by Gasteiger charge is 2.54. The molecule has 0 unspecified atom stereocenters. The monoisotopic (exact) mass is 371 g/mol.